The molecule has 1 aliphatic rings. The molecule has 0 aromatic heterocycles. The predicted octanol–water partition coefficient (Wildman–Crippen LogP) is 1.59. The van der Waals surface area contributed by atoms with Gasteiger partial charge in [-0.15, -0.1) is 12.6 Å². The zero-order chi connectivity index (χ0) is 13.3. The van der Waals surface area contributed by atoms with E-state index in [1.165, 1.54) is 0 Å². The molecule has 96 valence electrons. The Bertz CT molecular complexity index is 489. The van der Waals surface area contributed by atoms with Crippen molar-refractivity contribution in [2.75, 3.05) is 11.4 Å². The van der Waals surface area contributed by atoms with E-state index < -0.39 is 12.0 Å². The van der Waals surface area contributed by atoms with Crippen LogP contribution in [0.5, 0.6) is 0 Å². The second-order valence-corrected chi connectivity index (χ2v) is 5.02. The number of fused-ring (bicyclic) bond motifs is 1. The number of thiol groups is 1. The van der Waals surface area contributed by atoms with Crippen molar-refractivity contribution in [1.82, 2.24) is 0 Å². The summed E-state index contributed by atoms with van der Waals surface area (Å²) >= 11 is 3.80. The summed E-state index contributed by atoms with van der Waals surface area (Å²) in [5, 5.41) is 9.04. The summed E-state index contributed by atoms with van der Waals surface area (Å²) in [6.45, 7) is 2.14. The van der Waals surface area contributed by atoms with Crippen LogP contribution in [-0.4, -0.2) is 28.8 Å². The minimum atomic E-state index is -0.856. The molecule has 0 amide bonds. The SMILES string of the molecule is CC(CN1c2ccccc2CC1C(=O)O)C(=O)S. The average molecular weight is 265 g/mol. The van der Waals surface area contributed by atoms with Gasteiger partial charge in [0.15, 0.2) is 5.12 Å². The molecule has 1 aromatic rings. The van der Waals surface area contributed by atoms with Crippen LogP contribution in [0.4, 0.5) is 5.69 Å². The summed E-state index contributed by atoms with van der Waals surface area (Å²) in [7, 11) is 0. The van der Waals surface area contributed by atoms with Gasteiger partial charge < -0.3 is 10.0 Å². The third-order valence-electron chi connectivity index (χ3n) is 3.27. The van der Waals surface area contributed by atoms with Crippen LogP contribution in [0.25, 0.3) is 0 Å². The third kappa shape index (κ3) is 2.36. The molecule has 0 radical (unpaired) electrons. The van der Waals surface area contributed by atoms with Crippen molar-refractivity contribution in [1.29, 1.82) is 0 Å². The molecule has 4 nitrogen and oxygen atoms in total. The highest BCUT2D eigenvalue weighted by Crippen LogP contribution is 2.32. The Balaban J connectivity index is 2.28. The van der Waals surface area contributed by atoms with Gasteiger partial charge in [0.05, 0.1) is 0 Å². The van der Waals surface area contributed by atoms with Crippen LogP contribution in [0.3, 0.4) is 0 Å². The van der Waals surface area contributed by atoms with E-state index in [9.17, 15) is 14.7 Å². The lowest BCUT2D eigenvalue weighted by atomic mass is 10.1. The summed E-state index contributed by atoms with van der Waals surface area (Å²) in [5.74, 6) is -1.15. The van der Waals surface area contributed by atoms with Crippen molar-refractivity contribution in [2.24, 2.45) is 5.92 Å². The summed E-state index contributed by atoms with van der Waals surface area (Å²) in [6, 6.07) is 7.02. The van der Waals surface area contributed by atoms with Crippen molar-refractivity contribution in [3.8, 4) is 0 Å². The Morgan fingerprint density at radius 3 is 2.78 bits per heavy atom. The Labute approximate surface area is 111 Å². The Morgan fingerprint density at radius 2 is 2.17 bits per heavy atom. The van der Waals surface area contributed by atoms with Crippen molar-refractivity contribution < 1.29 is 14.7 Å². The second kappa shape index (κ2) is 5.02. The van der Waals surface area contributed by atoms with E-state index in [0.29, 0.717) is 13.0 Å². The molecule has 18 heavy (non-hydrogen) atoms. The van der Waals surface area contributed by atoms with E-state index in [1.807, 2.05) is 24.3 Å². The van der Waals surface area contributed by atoms with Gasteiger partial charge in [0.25, 0.3) is 0 Å². The van der Waals surface area contributed by atoms with Gasteiger partial charge in [0, 0.05) is 24.6 Å². The minimum absolute atomic E-state index is 0.219. The first-order valence-electron chi connectivity index (χ1n) is 5.81. The van der Waals surface area contributed by atoms with Gasteiger partial charge in [-0.1, -0.05) is 25.1 Å². The lowest BCUT2D eigenvalue weighted by Crippen LogP contribution is -2.41. The molecule has 5 heteroatoms. The minimum Gasteiger partial charge on any atom is -0.480 e. The molecule has 1 aromatic carbocycles. The normalized spacial score (nSPS) is 19.4. The molecule has 1 heterocycles. The maximum atomic E-state index is 11.3. The number of hydrogen-bond donors (Lipinski definition) is 2. The molecule has 0 saturated carbocycles. The van der Waals surface area contributed by atoms with Crippen LogP contribution < -0.4 is 4.90 Å². The highest BCUT2D eigenvalue weighted by Gasteiger charge is 2.35. The molecule has 0 bridgehead atoms. The fourth-order valence-corrected chi connectivity index (χ4v) is 2.35. The standard InChI is InChI=1S/C13H15NO3S/c1-8(13(17)18)7-14-10-5-3-2-4-9(10)6-11(14)12(15)16/h2-5,8,11H,6-7H2,1H3,(H,15,16)(H,17,18). The van der Waals surface area contributed by atoms with Crippen LogP contribution in [0.15, 0.2) is 24.3 Å². The molecule has 2 unspecified atom stereocenters. The van der Waals surface area contributed by atoms with Crippen molar-refractivity contribution in [3.63, 3.8) is 0 Å². The number of benzene rings is 1. The van der Waals surface area contributed by atoms with Crippen LogP contribution in [0.1, 0.15) is 12.5 Å². The van der Waals surface area contributed by atoms with E-state index in [1.54, 1.807) is 11.8 Å². The lowest BCUT2D eigenvalue weighted by Gasteiger charge is -2.26. The van der Waals surface area contributed by atoms with E-state index in [4.69, 9.17) is 0 Å². The van der Waals surface area contributed by atoms with Crippen LogP contribution in [-0.2, 0) is 16.0 Å². The number of carbonyl (C=O) groups is 2. The lowest BCUT2D eigenvalue weighted by molar-refractivity contribution is -0.138. The maximum Gasteiger partial charge on any atom is 0.326 e. The topological polar surface area (TPSA) is 57.6 Å². The summed E-state index contributed by atoms with van der Waals surface area (Å²) < 4.78 is 0. The van der Waals surface area contributed by atoms with E-state index in [-0.39, 0.29) is 11.0 Å². The number of aliphatic carboxylic acids is 1. The molecule has 1 aliphatic heterocycles. The zero-order valence-electron chi connectivity index (χ0n) is 10.0. The molecule has 2 atom stereocenters. The largest absolute Gasteiger partial charge is 0.480 e. The highest BCUT2D eigenvalue weighted by molar-refractivity contribution is 7.96. The summed E-state index contributed by atoms with van der Waals surface area (Å²) in [6.07, 6.45) is 0.485. The second-order valence-electron chi connectivity index (χ2n) is 4.58. The number of rotatable bonds is 4. The van der Waals surface area contributed by atoms with Crippen LogP contribution in [0, 0.1) is 5.92 Å². The van der Waals surface area contributed by atoms with Gasteiger partial charge in [-0.2, -0.15) is 0 Å². The number of para-hydroxylation sites is 1. The molecular weight excluding hydrogens is 250 g/mol. The number of anilines is 1. The Morgan fingerprint density at radius 1 is 1.50 bits per heavy atom. The van der Waals surface area contributed by atoms with Crippen LogP contribution >= 0.6 is 12.6 Å². The fourth-order valence-electron chi connectivity index (χ4n) is 2.27. The number of hydrogen-bond acceptors (Lipinski definition) is 3. The van der Waals surface area contributed by atoms with Gasteiger partial charge >= 0.3 is 5.97 Å². The first kappa shape index (κ1) is 13.0. The van der Waals surface area contributed by atoms with Crippen molar-refractivity contribution in [2.45, 2.75) is 19.4 Å². The van der Waals surface area contributed by atoms with E-state index in [2.05, 4.69) is 12.6 Å². The average Bonchev–Trinajstić information content (AvgIpc) is 2.68. The number of carboxylic acid groups (broad SMARTS) is 1. The first-order valence-corrected chi connectivity index (χ1v) is 6.25. The fraction of sp³-hybridized carbons (Fsp3) is 0.385. The Hall–Kier alpha value is -1.49. The van der Waals surface area contributed by atoms with Gasteiger partial charge in [-0.25, -0.2) is 4.79 Å². The molecular formula is C13H15NO3S. The van der Waals surface area contributed by atoms with Crippen molar-refractivity contribution >= 4 is 29.4 Å². The molecule has 0 saturated heterocycles. The van der Waals surface area contributed by atoms with E-state index >= 15 is 0 Å². The number of carboxylic acids is 1. The predicted molar refractivity (Wildman–Crippen MR) is 72.1 cm³/mol. The van der Waals surface area contributed by atoms with Gasteiger partial charge in [0.2, 0.25) is 0 Å². The van der Waals surface area contributed by atoms with Crippen LogP contribution in [0.2, 0.25) is 0 Å². The maximum absolute atomic E-state index is 11.3. The third-order valence-corrected chi connectivity index (χ3v) is 3.71. The van der Waals surface area contributed by atoms with Gasteiger partial charge in [-0.05, 0) is 11.6 Å². The molecule has 0 spiro atoms. The van der Waals surface area contributed by atoms with Gasteiger partial charge in [-0.3, -0.25) is 4.79 Å². The number of carbonyl (C=O) groups excluding carboxylic acids is 1. The van der Waals surface area contributed by atoms with Crippen molar-refractivity contribution in [3.05, 3.63) is 29.8 Å². The smallest absolute Gasteiger partial charge is 0.326 e. The molecule has 1 N–H and O–H groups in total. The number of nitrogens with zero attached hydrogens (tertiary/aromatic N) is 1. The first-order chi connectivity index (χ1) is 8.50. The Kier molecular flexibility index (Phi) is 3.61. The quantitative estimate of drug-likeness (QED) is 0.812. The molecule has 0 fully saturated rings. The summed E-state index contributed by atoms with van der Waals surface area (Å²) in [5.41, 5.74) is 1.93. The zero-order valence-corrected chi connectivity index (χ0v) is 10.9. The van der Waals surface area contributed by atoms with Gasteiger partial charge in [0.1, 0.15) is 6.04 Å². The molecule has 2 rings (SSSR count). The molecule has 0 aliphatic carbocycles. The summed E-state index contributed by atoms with van der Waals surface area (Å²) in [4.78, 5) is 24.3. The monoisotopic (exact) mass is 265 g/mol. The highest BCUT2D eigenvalue weighted by atomic mass is 32.1. The van der Waals surface area contributed by atoms with E-state index in [0.717, 1.165) is 11.3 Å².